The van der Waals surface area contributed by atoms with Crippen molar-refractivity contribution in [2.45, 2.75) is 13.8 Å². The summed E-state index contributed by atoms with van der Waals surface area (Å²) in [5.74, 6) is 1.31. The number of ether oxygens (including phenoxy) is 1. The van der Waals surface area contributed by atoms with E-state index >= 15 is 0 Å². The van der Waals surface area contributed by atoms with Crippen molar-refractivity contribution >= 4 is 44.9 Å². The van der Waals surface area contributed by atoms with Gasteiger partial charge in [0.15, 0.2) is 5.82 Å². The van der Waals surface area contributed by atoms with Crippen LogP contribution in [-0.2, 0) is 0 Å². The highest BCUT2D eigenvalue weighted by Crippen LogP contribution is 2.43. The quantitative estimate of drug-likeness (QED) is 0.332. The zero-order valence-corrected chi connectivity index (χ0v) is 17.5. The maximum Gasteiger partial charge on any atom is 0.167 e. The minimum atomic E-state index is 0.514. The molecule has 0 bridgehead atoms. The van der Waals surface area contributed by atoms with Crippen molar-refractivity contribution in [3.8, 4) is 22.3 Å². The Bertz CT molecular complexity index is 1240. The van der Waals surface area contributed by atoms with E-state index in [1.54, 1.807) is 17.6 Å². The first-order chi connectivity index (χ1) is 14.2. The molecule has 29 heavy (non-hydrogen) atoms. The lowest BCUT2D eigenvalue weighted by Crippen LogP contribution is -1.94. The van der Waals surface area contributed by atoms with E-state index in [9.17, 15) is 5.26 Å². The van der Waals surface area contributed by atoms with Crippen molar-refractivity contribution in [1.29, 1.82) is 5.26 Å². The van der Waals surface area contributed by atoms with Gasteiger partial charge in [-0.25, -0.2) is 9.97 Å². The first-order valence-electron chi connectivity index (χ1n) is 8.96. The molecule has 3 aromatic heterocycles. The van der Waals surface area contributed by atoms with Crippen LogP contribution in [0, 0.1) is 18.3 Å². The number of aryl methyl sites for hydroxylation is 1. The topological polar surface area (TPSA) is 83.2 Å². The molecule has 0 aliphatic carbocycles. The Morgan fingerprint density at radius 2 is 2.07 bits per heavy atom. The average molecular weight is 420 g/mol. The monoisotopic (exact) mass is 419 g/mol. The summed E-state index contributed by atoms with van der Waals surface area (Å²) in [5.41, 5.74) is 4.99. The van der Waals surface area contributed by atoms with Crippen molar-refractivity contribution in [3.05, 3.63) is 58.0 Å². The van der Waals surface area contributed by atoms with Gasteiger partial charge in [-0.05, 0) is 38.1 Å². The fourth-order valence-electron chi connectivity index (χ4n) is 2.90. The summed E-state index contributed by atoms with van der Waals surface area (Å²) in [6.07, 6.45) is 3.21. The van der Waals surface area contributed by atoms with Crippen LogP contribution in [0.2, 0.25) is 0 Å². The molecule has 0 fully saturated rings. The molecule has 0 saturated heterocycles. The fourth-order valence-corrected chi connectivity index (χ4v) is 4.82. The van der Waals surface area contributed by atoms with Gasteiger partial charge in [-0.15, -0.1) is 22.7 Å². The highest BCUT2D eigenvalue weighted by atomic mass is 32.1. The number of para-hydroxylation sites is 1. The number of aromatic nitrogens is 2. The van der Waals surface area contributed by atoms with E-state index in [0.29, 0.717) is 23.5 Å². The number of fused-ring (bicyclic) bond motifs is 1. The van der Waals surface area contributed by atoms with Gasteiger partial charge in [0.2, 0.25) is 0 Å². The summed E-state index contributed by atoms with van der Waals surface area (Å²) in [4.78, 5) is 11.8. The van der Waals surface area contributed by atoms with Crippen molar-refractivity contribution in [2.75, 3.05) is 12.0 Å². The summed E-state index contributed by atoms with van der Waals surface area (Å²) < 4.78 is 6.54. The lowest BCUT2D eigenvalue weighted by Gasteiger charge is -2.08. The van der Waals surface area contributed by atoms with Gasteiger partial charge in [0.25, 0.3) is 0 Å². The van der Waals surface area contributed by atoms with Gasteiger partial charge in [0, 0.05) is 15.3 Å². The van der Waals surface area contributed by atoms with Crippen LogP contribution >= 0.6 is 22.7 Å². The van der Waals surface area contributed by atoms with E-state index in [-0.39, 0.29) is 0 Å². The van der Waals surface area contributed by atoms with E-state index in [1.807, 2.05) is 37.3 Å². The van der Waals surface area contributed by atoms with Gasteiger partial charge < -0.3 is 4.74 Å². The maximum absolute atomic E-state index is 9.81. The maximum atomic E-state index is 9.81. The van der Waals surface area contributed by atoms with E-state index in [4.69, 9.17) is 4.74 Å². The lowest BCUT2D eigenvalue weighted by atomic mass is 10.1. The van der Waals surface area contributed by atoms with E-state index in [0.717, 1.165) is 25.8 Å². The third kappa shape index (κ3) is 3.83. The zero-order valence-electron chi connectivity index (χ0n) is 15.8. The molecule has 144 valence electrons. The molecular weight excluding hydrogens is 402 g/mol. The zero-order chi connectivity index (χ0) is 20.2. The highest BCUT2D eigenvalue weighted by Gasteiger charge is 2.20. The number of thiophene rings is 2. The van der Waals surface area contributed by atoms with Gasteiger partial charge in [0.05, 0.1) is 28.0 Å². The number of hydrogen-bond donors (Lipinski definition) is 1. The molecule has 0 spiro atoms. The van der Waals surface area contributed by atoms with Gasteiger partial charge in [-0.2, -0.15) is 10.4 Å². The molecule has 4 aromatic rings. The Morgan fingerprint density at radius 3 is 2.83 bits per heavy atom. The number of hydrogen-bond acceptors (Lipinski definition) is 8. The van der Waals surface area contributed by atoms with Crippen LogP contribution in [0.4, 0.5) is 5.82 Å². The van der Waals surface area contributed by atoms with Crippen LogP contribution in [0.3, 0.4) is 0 Å². The molecule has 1 aromatic carbocycles. The molecule has 0 atom stereocenters. The van der Waals surface area contributed by atoms with Crippen LogP contribution in [-0.4, -0.2) is 22.8 Å². The largest absolute Gasteiger partial charge is 0.493 e. The van der Waals surface area contributed by atoms with Gasteiger partial charge in [-0.3, -0.25) is 5.43 Å². The van der Waals surface area contributed by atoms with Gasteiger partial charge in [-0.1, -0.05) is 12.1 Å². The van der Waals surface area contributed by atoms with Crippen molar-refractivity contribution < 1.29 is 4.74 Å². The first kappa shape index (κ1) is 19.1. The summed E-state index contributed by atoms with van der Waals surface area (Å²) in [6, 6.07) is 14.1. The molecule has 0 unspecified atom stereocenters. The molecule has 8 heteroatoms. The Balaban J connectivity index is 1.76. The molecule has 4 rings (SSSR count). The molecule has 0 amide bonds. The van der Waals surface area contributed by atoms with Gasteiger partial charge >= 0.3 is 0 Å². The number of nitrogens with zero attached hydrogens (tertiary/aromatic N) is 4. The average Bonchev–Trinajstić information content (AvgIpc) is 3.32. The lowest BCUT2D eigenvalue weighted by molar-refractivity contribution is 0.341. The summed E-state index contributed by atoms with van der Waals surface area (Å²) >= 11 is 3.12. The van der Waals surface area contributed by atoms with Crippen LogP contribution in [0.25, 0.3) is 20.7 Å². The first-order valence-corrected chi connectivity index (χ1v) is 10.6. The van der Waals surface area contributed by atoms with Crippen LogP contribution in [0.1, 0.15) is 22.2 Å². The second kappa shape index (κ2) is 8.39. The number of hydrazone groups is 1. The third-order valence-corrected chi connectivity index (χ3v) is 6.29. The molecule has 0 aliphatic rings. The highest BCUT2D eigenvalue weighted by molar-refractivity contribution is 7.23. The predicted octanol–water partition coefficient (Wildman–Crippen LogP) is 5.44. The normalized spacial score (nSPS) is 11.1. The SMILES string of the molecule is CCOc1ccccc1-c1sc2c(N/N=C/c3ccc(C)s3)ncnc2c1C#N. The minimum absolute atomic E-state index is 0.514. The standard InChI is InChI=1S/C21H17N5OS2/c1-3-27-17-7-5-4-6-15(17)19-16(10-22)18-20(29-19)21(24-12-23-18)26-25-11-14-9-8-13(2)28-14/h4-9,11-12H,3H2,1-2H3,(H,23,24,26)/b25-11+. The van der Waals surface area contributed by atoms with Crippen LogP contribution in [0.5, 0.6) is 5.75 Å². The number of rotatable bonds is 6. The third-order valence-electron chi connectivity index (χ3n) is 4.14. The summed E-state index contributed by atoms with van der Waals surface area (Å²) in [5, 5.41) is 14.1. The molecule has 0 radical (unpaired) electrons. The van der Waals surface area contributed by atoms with Gasteiger partial charge in [0.1, 0.15) is 23.7 Å². The fraction of sp³-hybridized carbons (Fsp3) is 0.143. The summed E-state index contributed by atoms with van der Waals surface area (Å²) in [7, 11) is 0. The van der Waals surface area contributed by atoms with Crippen molar-refractivity contribution in [3.63, 3.8) is 0 Å². The van der Waals surface area contributed by atoms with E-state index < -0.39 is 0 Å². The van der Waals surface area contributed by atoms with E-state index in [1.165, 1.54) is 22.5 Å². The number of nitriles is 1. The molecular formula is C21H17N5OS2. The predicted molar refractivity (Wildman–Crippen MR) is 119 cm³/mol. The van der Waals surface area contributed by atoms with Crippen molar-refractivity contribution in [2.24, 2.45) is 5.10 Å². The Morgan fingerprint density at radius 1 is 1.21 bits per heavy atom. The Labute approximate surface area is 176 Å². The molecule has 6 nitrogen and oxygen atoms in total. The smallest absolute Gasteiger partial charge is 0.167 e. The molecule has 0 saturated carbocycles. The number of benzene rings is 1. The summed E-state index contributed by atoms with van der Waals surface area (Å²) in [6.45, 7) is 4.54. The Kier molecular flexibility index (Phi) is 5.51. The number of anilines is 1. The van der Waals surface area contributed by atoms with Crippen LogP contribution in [0.15, 0.2) is 47.8 Å². The Hall–Kier alpha value is -3.28. The molecule has 1 N–H and O–H groups in total. The second-order valence-electron chi connectivity index (χ2n) is 6.07. The minimum Gasteiger partial charge on any atom is -0.493 e. The second-order valence-corrected chi connectivity index (χ2v) is 8.41. The number of nitrogens with one attached hydrogen (secondary N) is 1. The van der Waals surface area contributed by atoms with Crippen LogP contribution < -0.4 is 10.2 Å². The molecule has 3 heterocycles. The van der Waals surface area contributed by atoms with Crippen molar-refractivity contribution in [1.82, 2.24) is 9.97 Å². The van der Waals surface area contributed by atoms with E-state index in [2.05, 4.69) is 39.6 Å². The molecule has 0 aliphatic heterocycles.